The predicted molar refractivity (Wildman–Crippen MR) is 65.0 cm³/mol. The van der Waals surface area contributed by atoms with Crippen LogP contribution in [0.25, 0.3) is 0 Å². The van der Waals surface area contributed by atoms with E-state index in [4.69, 9.17) is 0 Å². The summed E-state index contributed by atoms with van der Waals surface area (Å²) >= 11 is 0. The third kappa shape index (κ3) is 5.06. The lowest BCUT2D eigenvalue weighted by Gasteiger charge is -2.33. The van der Waals surface area contributed by atoms with Crippen molar-refractivity contribution in [2.24, 2.45) is 10.8 Å². The van der Waals surface area contributed by atoms with E-state index in [9.17, 15) is 0 Å². The SMILES string of the molecule is C=[C]/C=C\C(=C)C(C)(C)CC(C)(C)C. The van der Waals surface area contributed by atoms with Crippen molar-refractivity contribution in [3.05, 3.63) is 37.0 Å². The Labute approximate surface area is 89.4 Å². The topological polar surface area (TPSA) is 0 Å². The Kier molecular flexibility index (Phi) is 4.38. The zero-order chi connectivity index (χ0) is 11.4. The molecule has 0 nitrogen and oxygen atoms in total. The van der Waals surface area contributed by atoms with Crippen LogP contribution in [0.15, 0.2) is 30.9 Å². The van der Waals surface area contributed by atoms with Gasteiger partial charge in [-0.2, -0.15) is 0 Å². The largest absolute Gasteiger partial charge is 0.0953 e. The maximum atomic E-state index is 4.09. The van der Waals surface area contributed by atoms with Gasteiger partial charge in [0.15, 0.2) is 0 Å². The summed E-state index contributed by atoms with van der Waals surface area (Å²) in [4.78, 5) is 0. The Bertz CT molecular complexity index is 233. The van der Waals surface area contributed by atoms with Crippen molar-refractivity contribution in [2.45, 2.75) is 41.0 Å². The Morgan fingerprint density at radius 1 is 1.21 bits per heavy atom. The molecule has 0 atom stereocenters. The first kappa shape index (κ1) is 13.2. The second-order valence-electron chi connectivity index (χ2n) is 5.68. The lowest BCUT2D eigenvalue weighted by atomic mass is 9.72. The van der Waals surface area contributed by atoms with Crippen LogP contribution in [0.1, 0.15) is 41.0 Å². The molecule has 0 heterocycles. The van der Waals surface area contributed by atoms with Crippen LogP contribution in [0, 0.1) is 16.9 Å². The van der Waals surface area contributed by atoms with Crippen molar-refractivity contribution in [3.63, 3.8) is 0 Å². The second kappa shape index (κ2) is 4.63. The molecular weight excluding hydrogens is 168 g/mol. The molecular formula is C14H23. The lowest BCUT2D eigenvalue weighted by Crippen LogP contribution is -2.21. The summed E-state index contributed by atoms with van der Waals surface area (Å²) in [6, 6.07) is 0. The second-order valence-corrected chi connectivity index (χ2v) is 5.68. The molecule has 0 saturated carbocycles. The molecule has 79 valence electrons. The van der Waals surface area contributed by atoms with Crippen molar-refractivity contribution >= 4 is 0 Å². The van der Waals surface area contributed by atoms with E-state index in [-0.39, 0.29) is 5.41 Å². The van der Waals surface area contributed by atoms with Gasteiger partial charge < -0.3 is 0 Å². The normalized spacial score (nSPS) is 13.2. The zero-order valence-electron chi connectivity index (χ0n) is 10.3. The number of hydrogen-bond donors (Lipinski definition) is 0. The highest BCUT2D eigenvalue weighted by atomic mass is 14.3. The van der Waals surface area contributed by atoms with Crippen molar-refractivity contribution < 1.29 is 0 Å². The van der Waals surface area contributed by atoms with Gasteiger partial charge in [0.25, 0.3) is 0 Å². The highest BCUT2D eigenvalue weighted by Crippen LogP contribution is 2.38. The minimum absolute atomic E-state index is 0.144. The van der Waals surface area contributed by atoms with Crippen LogP contribution in [0.2, 0.25) is 0 Å². The maximum Gasteiger partial charge on any atom is -0.0104 e. The molecule has 0 N–H and O–H groups in total. The van der Waals surface area contributed by atoms with Crippen LogP contribution >= 0.6 is 0 Å². The molecule has 0 aliphatic rings. The van der Waals surface area contributed by atoms with E-state index in [1.54, 1.807) is 0 Å². The van der Waals surface area contributed by atoms with Crippen LogP contribution in [-0.2, 0) is 0 Å². The Morgan fingerprint density at radius 3 is 2.07 bits per heavy atom. The molecule has 0 fully saturated rings. The molecule has 0 heteroatoms. The van der Waals surface area contributed by atoms with Gasteiger partial charge in [0.1, 0.15) is 0 Å². The van der Waals surface area contributed by atoms with E-state index in [1.807, 2.05) is 12.2 Å². The highest BCUT2D eigenvalue weighted by Gasteiger charge is 2.26. The van der Waals surface area contributed by atoms with Crippen molar-refractivity contribution in [2.75, 3.05) is 0 Å². The van der Waals surface area contributed by atoms with Crippen LogP contribution < -0.4 is 0 Å². The summed E-state index contributed by atoms with van der Waals surface area (Å²) < 4.78 is 0. The average Bonchev–Trinajstić information content (AvgIpc) is 1.95. The summed E-state index contributed by atoms with van der Waals surface area (Å²) in [6.07, 6.45) is 7.69. The van der Waals surface area contributed by atoms with E-state index in [1.165, 1.54) is 0 Å². The van der Waals surface area contributed by atoms with Crippen LogP contribution in [0.4, 0.5) is 0 Å². The van der Waals surface area contributed by atoms with Gasteiger partial charge in [-0.15, -0.1) is 0 Å². The molecule has 0 bridgehead atoms. The summed E-state index contributed by atoms with van der Waals surface area (Å²) in [6.45, 7) is 18.9. The lowest BCUT2D eigenvalue weighted by molar-refractivity contribution is 0.254. The first-order valence-electron chi connectivity index (χ1n) is 5.07. The Morgan fingerprint density at radius 2 is 1.71 bits per heavy atom. The standard InChI is InChI=1S/C14H23/c1-8-9-10-12(2)14(6,7)11-13(3,4)5/h9-10H,1-2,11H2,3-7H3/b10-9-. The van der Waals surface area contributed by atoms with E-state index >= 15 is 0 Å². The molecule has 0 aliphatic carbocycles. The van der Waals surface area contributed by atoms with Crippen LogP contribution in [0.5, 0.6) is 0 Å². The number of hydrogen-bond acceptors (Lipinski definition) is 0. The fraction of sp³-hybridized carbons (Fsp3) is 0.571. The first-order chi connectivity index (χ1) is 6.19. The summed E-state index contributed by atoms with van der Waals surface area (Å²) in [5, 5.41) is 0. The Hall–Kier alpha value is -0.780. The Balaban J connectivity index is 4.53. The van der Waals surface area contributed by atoms with E-state index < -0.39 is 0 Å². The van der Waals surface area contributed by atoms with Gasteiger partial charge in [0, 0.05) is 0 Å². The van der Waals surface area contributed by atoms with E-state index in [0.717, 1.165) is 12.0 Å². The van der Waals surface area contributed by atoms with Gasteiger partial charge in [-0.1, -0.05) is 59.9 Å². The minimum atomic E-state index is 0.144. The maximum absolute atomic E-state index is 4.09. The molecule has 0 unspecified atom stereocenters. The molecule has 0 saturated heterocycles. The molecule has 0 aromatic carbocycles. The van der Waals surface area contributed by atoms with E-state index in [0.29, 0.717) is 5.41 Å². The summed E-state index contributed by atoms with van der Waals surface area (Å²) in [5.74, 6) is 0. The molecule has 14 heavy (non-hydrogen) atoms. The van der Waals surface area contributed by atoms with Crippen LogP contribution in [-0.4, -0.2) is 0 Å². The van der Waals surface area contributed by atoms with Gasteiger partial charge >= 0.3 is 0 Å². The van der Waals surface area contributed by atoms with Gasteiger partial charge in [-0.3, -0.25) is 0 Å². The number of allylic oxidation sites excluding steroid dienone is 4. The van der Waals surface area contributed by atoms with Gasteiger partial charge in [-0.25, -0.2) is 0 Å². The van der Waals surface area contributed by atoms with Crippen molar-refractivity contribution in [3.8, 4) is 0 Å². The van der Waals surface area contributed by atoms with Gasteiger partial charge in [-0.05, 0) is 28.9 Å². The monoisotopic (exact) mass is 191 g/mol. The molecule has 0 amide bonds. The minimum Gasteiger partial charge on any atom is -0.0953 e. The van der Waals surface area contributed by atoms with Crippen molar-refractivity contribution in [1.29, 1.82) is 0 Å². The van der Waals surface area contributed by atoms with Crippen LogP contribution in [0.3, 0.4) is 0 Å². The quantitative estimate of drug-likeness (QED) is 0.572. The highest BCUT2D eigenvalue weighted by molar-refractivity contribution is 5.23. The fourth-order valence-corrected chi connectivity index (χ4v) is 1.82. The van der Waals surface area contributed by atoms with Gasteiger partial charge in [0.2, 0.25) is 0 Å². The van der Waals surface area contributed by atoms with Crippen molar-refractivity contribution in [1.82, 2.24) is 0 Å². The summed E-state index contributed by atoms with van der Waals surface area (Å²) in [5.41, 5.74) is 1.62. The van der Waals surface area contributed by atoms with E-state index in [2.05, 4.69) is 53.9 Å². The average molecular weight is 191 g/mol. The smallest absolute Gasteiger partial charge is 0.0104 e. The molecule has 0 aromatic rings. The molecule has 0 spiro atoms. The summed E-state index contributed by atoms with van der Waals surface area (Å²) in [7, 11) is 0. The molecule has 0 rings (SSSR count). The number of rotatable bonds is 4. The molecule has 0 aromatic heterocycles. The predicted octanol–water partition coefficient (Wildman–Crippen LogP) is 4.55. The first-order valence-corrected chi connectivity index (χ1v) is 5.07. The molecule has 1 radical (unpaired) electrons. The zero-order valence-corrected chi connectivity index (χ0v) is 10.3. The molecule has 0 aliphatic heterocycles. The van der Waals surface area contributed by atoms with Gasteiger partial charge in [0.05, 0.1) is 0 Å². The third-order valence-electron chi connectivity index (χ3n) is 2.24. The third-order valence-corrected chi connectivity index (χ3v) is 2.24. The fourth-order valence-electron chi connectivity index (χ4n) is 1.82.